The Labute approximate surface area is 96.8 Å². The average Bonchev–Trinajstić information content (AvgIpc) is 2.16. The van der Waals surface area contributed by atoms with Crippen molar-refractivity contribution in [3.8, 4) is 0 Å². The second kappa shape index (κ2) is 4.69. The van der Waals surface area contributed by atoms with Gasteiger partial charge in [0, 0.05) is 15.3 Å². The Morgan fingerprint density at radius 3 is 2.67 bits per heavy atom. The lowest BCUT2D eigenvalue weighted by atomic mass is 10.2. The molecule has 4 nitrogen and oxygen atoms in total. The van der Waals surface area contributed by atoms with Crippen molar-refractivity contribution < 1.29 is 18.3 Å². The van der Waals surface area contributed by atoms with Crippen LogP contribution in [0.1, 0.15) is 22.3 Å². The number of carbonyl (C=O) groups is 1. The van der Waals surface area contributed by atoms with Crippen molar-refractivity contribution >= 4 is 28.6 Å². The summed E-state index contributed by atoms with van der Waals surface area (Å²) in [7, 11) is 1.08. The zero-order chi connectivity index (χ0) is 11.6. The minimum Gasteiger partial charge on any atom is -0.465 e. The lowest BCUT2D eigenvalue weighted by molar-refractivity contribution is 0.0596. The van der Waals surface area contributed by atoms with Gasteiger partial charge in [0.25, 0.3) is 12.0 Å². The van der Waals surface area contributed by atoms with Gasteiger partial charge in [-0.3, -0.25) is 4.79 Å². The summed E-state index contributed by atoms with van der Waals surface area (Å²) in [5, 5.41) is 0. The first-order valence-corrected chi connectivity index (χ1v) is 4.84. The minimum absolute atomic E-state index is 0.0850. The van der Waals surface area contributed by atoms with Crippen LogP contribution in [0.25, 0.3) is 0 Å². The van der Waals surface area contributed by atoms with Crippen molar-refractivity contribution in [2.75, 3.05) is 7.11 Å². The van der Waals surface area contributed by atoms with Crippen LogP contribution in [-0.2, 0) is 4.74 Å². The highest BCUT2D eigenvalue weighted by molar-refractivity contribution is 14.1. The maximum Gasteiger partial charge on any atom is 0.344 e. The molecule has 0 aromatic carbocycles. The molecule has 7 heteroatoms. The molecule has 0 bridgehead atoms. The third-order valence-electron chi connectivity index (χ3n) is 1.68. The number of rotatable bonds is 2. The van der Waals surface area contributed by atoms with Gasteiger partial charge in [0.15, 0.2) is 0 Å². The summed E-state index contributed by atoms with van der Waals surface area (Å²) in [6.07, 6.45) is -1.86. The number of nitrogens with one attached hydrogen (secondary N) is 1. The van der Waals surface area contributed by atoms with Crippen LogP contribution in [0.2, 0.25) is 0 Å². The van der Waals surface area contributed by atoms with Crippen LogP contribution in [0.4, 0.5) is 8.78 Å². The van der Waals surface area contributed by atoms with Gasteiger partial charge < -0.3 is 9.72 Å². The van der Waals surface area contributed by atoms with Crippen LogP contribution in [0.5, 0.6) is 0 Å². The van der Waals surface area contributed by atoms with Crippen molar-refractivity contribution in [3.63, 3.8) is 0 Å². The number of halogens is 3. The van der Waals surface area contributed by atoms with Gasteiger partial charge in [-0.15, -0.1) is 0 Å². The van der Waals surface area contributed by atoms with Crippen molar-refractivity contribution in [2.24, 2.45) is 0 Å². The molecule has 0 aliphatic carbocycles. The lowest BCUT2D eigenvalue weighted by Gasteiger charge is -2.06. The van der Waals surface area contributed by atoms with Crippen LogP contribution in [0.3, 0.4) is 0 Å². The first kappa shape index (κ1) is 12.1. The number of aromatic amines is 1. The fourth-order valence-corrected chi connectivity index (χ4v) is 1.82. The number of esters is 1. The van der Waals surface area contributed by atoms with Gasteiger partial charge in [-0.1, -0.05) is 0 Å². The third-order valence-corrected chi connectivity index (χ3v) is 2.85. The zero-order valence-electron chi connectivity index (χ0n) is 7.51. The van der Waals surface area contributed by atoms with Crippen LogP contribution in [0, 0.1) is 3.57 Å². The summed E-state index contributed by atoms with van der Waals surface area (Å²) in [6.45, 7) is 0. The summed E-state index contributed by atoms with van der Waals surface area (Å²) >= 11 is 1.52. The minimum atomic E-state index is -2.75. The Hall–Kier alpha value is -0.990. The van der Waals surface area contributed by atoms with Gasteiger partial charge in [0.1, 0.15) is 5.56 Å². The Morgan fingerprint density at radius 1 is 1.60 bits per heavy atom. The van der Waals surface area contributed by atoms with E-state index in [4.69, 9.17) is 0 Å². The van der Waals surface area contributed by atoms with E-state index in [0.29, 0.717) is 0 Å². The second-order valence-corrected chi connectivity index (χ2v) is 3.63. The molecule has 0 unspecified atom stereocenters. The molecule has 0 amide bonds. The number of aromatic nitrogens is 1. The Bertz CT molecular complexity index is 444. The summed E-state index contributed by atoms with van der Waals surface area (Å²) in [6, 6.07) is 0. The molecule has 0 aliphatic rings. The number of hydrogen-bond donors (Lipinski definition) is 1. The zero-order valence-corrected chi connectivity index (χ0v) is 9.67. The third kappa shape index (κ3) is 2.33. The van der Waals surface area contributed by atoms with Crippen molar-refractivity contribution in [2.45, 2.75) is 6.43 Å². The van der Waals surface area contributed by atoms with Crippen LogP contribution >= 0.6 is 22.6 Å². The highest BCUT2D eigenvalue weighted by Gasteiger charge is 2.22. The molecule has 1 heterocycles. The Kier molecular flexibility index (Phi) is 3.77. The van der Waals surface area contributed by atoms with E-state index in [2.05, 4.69) is 9.72 Å². The molecule has 0 saturated heterocycles. The summed E-state index contributed by atoms with van der Waals surface area (Å²) in [4.78, 5) is 24.4. The number of ether oxygens (including phenoxy) is 1. The molecule has 0 saturated carbocycles. The largest absolute Gasteiger partial charge is 0.465 e. The van der Waals surface area contributed by atoms with E-state index in [0.717, 1.165) is 13.3 Å². The molecular formula is C8H6F2INO3. The van der Waals surface area contributed by atoms with Crippen LogP contribution in [0.15, 0.2) is 11.0 Å². The van der Waals surface area contributed by atoms with Crippen LogP contribution in [-0.4, -0.2) is 18.1 Å². The van der Waals surface area contributed by atoms with E-state index in [1.807, 2.05) is 0 Å². The van der Waals surface area contributed by atoms with Crippen molar-refractivity contribution in [3.05, 3.63) is 31.2 Å². The van der Waals surface area contributed by atoms with Crippen molar-refractivity contribution in [1.29, 1.82) is 0 Å². The SMILES string of the molecule is COC(=O)c1c(I)c(C(F)F)c[nH]c1=O. The smallest absolute Gasteiger partial charge is 0.344 e. The van der Waals surface area contributed by atoms with Gasteiger partial charge >= 0.3 is 5.97 Å². The van der Waals surface area contributed by atoms with E-state index in [9.17, 15) is 18.4 Å². The normalized spacial score (nSPS) is 10.5. The molecule has 82 valence electrons. The molecule has 0 radical (unpaired) electrons. The Balaban J connectivity index is 3.43. The molecule has 0 fully saturated rings. The highest BCUT2D eigenvalue weighted by atomic mass is 127. The van der Waals surface area contributed by atoms with Crippen molar-refractivity contribution in [1.82, 2.24) is 4.98 Å². The molecule has 15 heavy (non-hydrogen) atoms. The molecule has 1 aromatic heterocycles. The standard InChI is InChI=1S/C8H6F2INO3/c1-15-8(14)4-5(11)3(6(9)10)2-12-7(4)13/h2,6H,1H3,(H,12,13). The number of pyridine rings is 1. The molecule has 0 spiro atoms. The quantitative estimate of drug-likeness (QED) is 0.664. The fraction of sp³-hybridized carbons (Fsp3) is 0.250. The first-order chi connectivity index (χ1) is 6.99. The maximum atomic E-state index is 12.4. The van der Waals surface area contributed by atoms with E-state index in [1.54, 1.807) is 0 Å². The van der Waals surface area contributed by atoms with Gasteiger partial charge in [-0.2, -0.15) is 0 Å². The molecular weight excluding hydrogens is 323 g/mol. The van der Waals surface area contributed by atoms with E-state index in [-0.39, 0.29) is 3.57 Å². The Morgan fingerprint density at radius 2 is 2.20 bits per heavy atom. The number of alkyl halides is 2. The number of methoxy groups -OCH3 is 1. The maximum absolute atomic E-state index is 12.4. The first-order valence-electron chi connectivity index (χ1n) is 3.76. The van der Waals surface area contributed by atoms with Gasteiger partial charge in [0.2, 0.25) is 0 Å². The number of H-pyrrole nitrogens is 1. The summed E-state index contributed by atoms with van der Waals surface area (Å²) in [5.41, 5.74) is -1.53. The molecule has 0 atom stereocenters. The molecule has 1 N–H and O–H groups in total. The highest BCUT2D eigenvalue weighted by Crippen LogP contribution is 2.24. The van der Waals surface area contributed by atoms with E-state index < -0.39 is 29.1 Å². The lowest BCUT2D eigenvalue weighted by Crippen LogP contribution is -2.22. The van der Waals surface area contributed by atoms with E-state index >= 15 is 0 Å². The van der Waals surface area contributed by atoms with Gasteiger partial charge in [-0.25, -0.2) is 13.6 Å². The summed E-state index contributed by atoms with van der Waals surface area (Å²) in [5.74, 6) is -0.928. The molecule has 0 aliphatic heterocycles. The van der Waals surface area contributed by atoms with Gasteiger partial charge in [-0.05, 0) is 22.6 Å². The monoisotopic (exact) mass is 329 g/mol. The van der Waals surface area contributed by atoms with Crippen LogP contribution < -0.4 is 5.56 Å². The average molecular weight is 329 g/mol. The number of carbonyl (C=O) groups excluding carboxylic acids is 1. The van der Waals surface area contributed by atoms with Gasteiger partial charge in [0.05, 0.1) is 7.11 Å². The fourth-order valence-electron chi connectivity index (χ4n) is 0.966. The summed E-state index contributed by atoms with van der Waals surface area (Å²) < 4.78 is 29.1. The van der Waals surface area contributed by atoms with E-state index in [1.165, 1.54) is 22.6 Å². The predicted molar refractivity (Wildman–Crippen MR) is 56.1 cm³/mol. The predicted octanol–water partition coefficient (Wildman–Crippen LogP) is 1.70. The molecule has 1 rings (SSSR count). The topological polar surface area (TPSA) is 59.2 Å². The second-order valence-electron chi connectivity index (χ2n) is 2.55. The number of hydrogen-bond acceptors (Lipinski definition) is 3. The molecule has 1 aromatic rings.